The Labute approximate surface area is 89.7 Å². The van der Waals surface area contributed by atoms with Crippen LogP contribution in [-0.4, -0.2) is 19.9 Å². The smallest absolute Gasteiger partial charge is 0.152 e. The molecule has 0 aliphatic heterocycles. The van der Waals surface area contributed by atoms with E-state index in [4.69, 9.17) is 0 Å². The van der Waals surface area contributed by atoms with Gasteiger partial charge in [0.15, 0.2) is 6.29 Å². The highest BCUT2D eigenvalue weighted by atomic mass is 19.1. The fourth-order valence-electron chi connectivity index (χ4n) is 1.61. The normalized spacial score (nSPS) is 10.5. The van der Waals surface area contributed by atoms with Gasteiger partial charge in [0.1, 0.15) is 5.82 Å². The van der Waals surface area contributed by atoms with E-state index < -0.39 is 0 Å². The molecule has 0 bridgehead atoms. The van der Waals surface area contributed by atoms with E-state index >= 15 is 0 Å². The molecule has 2 nitrogen and oxygen atoms in total. The summed E-state index contributed by atoms with van der Waals surface area (Å²) in [7, 11) is 1.90. The molecule has 0 heterocycles. The van der Waals surface area contributed by atoms with E-state index in [-0.39, 0.29) is 5.82 Å². The molecule has 0 aromatic heterocycles. The van der Waals surface area contributed by atoms with Crippen molar-refractivity contribution in [2.24, 2.45) is 5.92 Å². The Balaban J connectivity index is 2.97. The molecule has 0 unspecified atom stereocenters. The van der Waals surface area contributed by atoms with E-state index in [9.17, 15) is 9.18 Å². The Kier molecular flexibility index (Phi) is 3.83. The molecule has 1 aromatic carbocycles. The third kappa shape index (κ3) is 3.05. The molecule has 0 saturated carbocycles. The monoisotopic (exact) mass is 209 g/mol. The van der Waals surface area contributed by atoms with Crippen LogP contribution in [0.3, 0.4) is 0 Å². The largest absolute Gasteiger partial charge is 0.374 e. The van der Waals surface area contributed by atoms with Crippen molar-refractivity contribution in [2.45, 2.75) is 13.8 Å². The summed E-state index contributed by atoms with van der Waals surface area (Å²) in [4.78, 5) is 12.7. The maximum Gasteiger partial charge on any atom is 0.152 e. The Morgan fingerprint density at radius 3 is 2.67 bits per heavy atom. The Bertz CT molecular complexity index is 349. The number of carbonyl (C=O) groups excluding carboxylic acids is 1. The predicted molar refractivity (Wildman–Crippen MR) is 59.9 cm³/mol. The molecule has 0 saturated heterocycles. The van der Waals surface area contributed by atoms with Crippen LogP contribution in [0.5, 0.6) is 0 Å². The second-order valence-electron chi connectivity index (χ2n) is 4.10. The Hall–Kier alpha value is -1.38. The number of aldehydes is 1. The van der Waals surface area contributed by atoms with Crippen molar-refractivity contribution >= 4 is 12.0 Å². The summed E-state index contributed by atoms with van der Waals surface area (Å²) in [6, 6.07) is 4.28. The van der Waals surface area contributed by atoms with Crippen LogP contribution in [0, 0.1) is 11.7 Å². The van der Waals surface area contributed by atoms with Gasteiger partial charge in [0.2, 0.25) is 0 Å². The molecule has 0 N–H and O–H groups in total. The molecule has 0 radical (unpaired) electrons. The van der Waals surface area contributed by atoms with Crippen molar-refractivity contribution < 1.29 is 9.18 Å². The van der Waals surface area contributed by atoms with Crippen LogP contribution in [0.4, 0.5) is 10.1 Å². The molecule has 1 aromatic rings. The maximum absolute atomic E-state index is 12.9. The van der Waals surface area contributed by atoms with Gasteiger partial charge in [-0.25, -0.2) is 4.39 Å². The summed E-state index contributed by atoms with van der Waals surface area (Å²) in [5.74, 6) is 0.123. The van der Waals surface area contributed by atoms with Crippen molar-refractivity contribution in [3.63, 3.8) is 0 Å². The number of carbonyl (C=O) groups is 1. The van der Waals surface area contributed by atoms with Gasteiger partial charge in [0.05, 0.1) is 0 Å². The van der Waals surface area contributed by atoms with E-state index in [1.165, 1.54) is 12.1 Å². The molecule has 0 amide bonds. The molecular formula is C12H16FNO. The lowest BCUT2D eigenvalue weighted by Crippen LogP contribution is -2.23. The molecule has 15 heavy (non-hydrogen) atoms. The molecule has 1 rings (SSSR count). The number of nitrogens with zero attached hydrogens (tertiary/aromatic N) is 1. The van der Waals surface area contributed by atoms with Crippen LogP contribution < -0.4 is 4.90 Å². The zero-order valence-corrected chi connectivity index (χ0v) is 9.33. The first-order valence-corrected chi connectivity index (χ1v) is 5.00. The highest BCUT2D eigenvalue weighted by molar-refractivity contribution is 5.84. The Morgan fingerprint density at radius 2 is 2.13 bits per heavy atom. The number of halogens is 1. The lowest BCUT2D eigenvalue weighted by molar-refractivity contribution is 0.112. The molecule has 0 aliphatic carbocycles. The lowest BCUT2D eigenvalue weighted by atomic mass is 10.1. The second kappa shape index (κ2) is 4.91. The topological polar surface area (TPSA) is 20.3 Å². The summed E-state index contributed by atoms with van der Waals surface area (Å²) < 4.78 is 12.9. The van der Waals surface area contributed by atoms with E-state index in [2.05, 4.69) is 13.8 Å². The first kappa shape index (κ1) is 11.7. The average molecular weight is 209 g/mol. The van der Waals surface area contributed by atoms with Gasteiger partial charge in [-0.15, -0.1) is 0 Å². The fourth-order valence-corrected chi connectivity index (χ4v) is 1.61. The van der Waals surface area contributed by atoms with Crippen LogP contribution in [0.15, 0.2) is 18.2 Å². The molecular weight excluding hydrogens is 193 g/mol. The molecule has 0 fully saturated rings. The highest BCUT2D eigenvalue weighted by Crippen LogP contribution is 2.19. The summed E-state index contributed by atoms with van der Waals surface area (Å²) in [5.41, 5.74) is 1.18. The fraction of sp³-hybridized carbons (Fsp3) is 0.417. The van der Waals surface area contributed by atoms with Crippen LogP contribution in [-0.2, 0) is 0 Å². The first-order valence-electron chi connectivity index (χ1n) is 5.00. The van der Waals surface area contributed by atoms with Gasteiger partial charge in [0.25, 0.3) is 0 Å². The molecule has 0 aliphatic rings. The number of benzene rings is 1. The van der Waals surface area contributed by atoms with Crippen molar-refractivity contribution in [1.82, 2.24) is 0 Å². The molecule has 0 atom stereocenters. The third-order valence-electron chi connectivity index (χ3n) is 2.17. The molecule has 3 heteroatoms. The molecule has 0 spiro atoms. The van der Waals surface area contributed by atoms with Gasteiger partial charge in [-0.05, 0) is 24.1 Å². The Morgan fingerprint density at radius 1 is 1.47 bits per heavy atom. The summed E-state index contributed by atoms with van der Waals surface area (Å²) in [6.07, 6.45) is 0.690. The van der Waals surface area contributed by atoms with Gasteiger partial charge in [-0.1, -0.05) is 13.8 Å². The third-order valence-corrected chi connectivity index (χ3v) is 2.17. The zero-order chi connectivity index (χ0) is 11.4. The maximum atomic E-state index is 12.9. The van der Waals surface area contributed by atoms with Crippen LogP contribution in [0.2, 0.25) is 0 Å². The number of hydrogen-bond acceptors (Lipinski definition) is 2. The van der Waals surface area contributed by atoms with Crippen LogP contribution in [0.1, 0.15) is 24.2 Å². The van der Waals surface area contributed by atoms with E-state index in [0.29, 0.717) is 17.8 Å². The first-order chi connectivity index (χ1) is 7.04. The number of rotatable bonds is 4. The van der Waals surface area contributed by atoms with Gasteiger partial charge in [0, 0.05) is 24.8 Å². The zero-order valence-electron chi connectivity index (χ0n) is 9.33. The predicted octanol–water partition coefficient (Wildman–Crippen LogP) is 2.73. The van der Waals surface area contributed by atoms with Crippen molar-refractivity contribution in [1.29, 1.82) is 0 Å². The summed E-state index contributed by atoms with van der Waals surface area (Å²) in [6.45, 7) is 5.04. The van der Waals surface area contributed by atoms with E-state index in [1.54, 1.807) is 6.07 Å². The van der Waals surface area contributed by atoms with Gasteiger partial charge < -0.3 is 4.90 Å². The average Bonchev–Trinajstić information content (AvgIpc) is 2.16. The molecule has 82 valence electrons. The number of anilines is 1. The van der Waals surface area contributed by atoms with E-state index in [1.807, 2.05) is 11.9 Å². The highest BCUT2D eigenvalue weighted by Gasteiger charge is 2.09. The van der Waals surface area contributed by atoms with Crippen LogP contribution >= 0.6 is 0 Å². The lowest BCUT2D eigenvalue weighted by Gasteiger charge is -2.22. The van der Waals surface area contributed by atoms with Gasteiger partial charge >= 0.3 is 0 Å². The van der Waals surface area contributed by atoms with Gasteiger partial charge in [-0.3, -0.25) is 4.79 Å². The van der Waals surface area contributed by atoms with Crippen molar-refractivity contribution in [3.8, 4) is 0 Å². The minimum atomic E-state index is -0.376. The summed E-state index contributed by atoms with van der Waals surface area (Å²) >= 11 is 0. The second-order valence-corrected chi connectivity index (χ2v) is 4.10. The van der Waals surface area contributed by atoms with Crippen LogP contribution in [0.25, 0.3) is 0 Å². The quantitative estimate of drug-likeness (QED) is 0.711. The van der Waals surface area contributed by atoms with Crippen molar-refractivity contribution in [2.75, 3.05) is 18.5 Å². The van der Waals surface area contributed by atoms with Gasteiger partial charge in [-0.2, -0.15) is 0 Å². The van der Waals surface area contributed by atoms with E-state index in [0.717, 1.165) is 12.2 Å². The summed E-state index contributed by atoms with van der Waals surface area (Å²) in [5, 5.41) is 0. The standard InChI is InChI=1S/C12H16FNO/c1-9(2)7-14(3)12-5-4-11(13)6-10(12)8-15/h4-6,8-9H,7H2,1-3H3. The number of hydrogen-bond donors (Lipinski definition) is 0. The SMILES string of the molecule is CC(C)CN(C)c1ccc(F)cc1C=O. The minimum Gasteiger partial charge on any atom is -0.374 e. The minimum absolute atomic E-state index is 0.376. The van der Waals surface area contributed by atoms with Crippen molar-refractivity contribution in [3.05, 3.63) is 29.6 Å².